The van der Waals surface area contributed by atoms with E-state index in [2.05, 4.69) is 31.0 Å². The monoisotopic (exact) mass is 448 g/mol. The SMILES string of the molecule is Cc1cccc(C)c1-c1ccnc2cc(O[C@H](C)C(=O)N3CCCC(O)(C(=O)O)C3)ccc12. The average molecular weight is 449 g/mol. The fraction of sp³-hybridized carbons (Fsp3) is 0.346. The minimum absolute atomic E-state index is 0.125. The highest BCUT2D eigenvalue weighted by Gasteiger charge is 2.42. The van der Waals surface area contributed by atoms with Gasteiger partial charge in [-0.1, -0.05) is 18.2 Å². The van der Waals surface area contributed by atoms with Gasteiger partial charge in [0.25, 0.3) is 5.91 Å². The van der Waals surface area contributed by atoms with E-state index in [0.29, 0.717) is 18.7 Å². The number of benzene rings is 2. The van der Waals surface area contributed by atoms with Gasteiger partial charge >= 0.3 is 5.97 Å². The summed E-state index contributed by atoms with van der Waals surface area (Å²) < 4.78 is 5.90. The second-order valence-corrected chi connectivity index (χ2v) is 8.76. The molecule has 3 aromatic rings. The Hall–Kier alpha value is -3.45. The number of fused-ring (bicyclic) bond motifs is 1. The van der Waals surface area contributed by atoms with Gasteiger partial charge in [-0.05, 0) is 74.1 Å². The van der Waals surface area contributed by atoms with E-state index in [1.54, 1.807) is 19.2 Å². The van der Waals surface area contributed by atoms with Crippen molar-refractivity contribution in [2.75, 3.05) is 13.1 Å². The standard InChI is InChI=1S/C26H28N2O5/c1-16-6-4-7-17(2)23(16)21-10-12-27-22-14-19(8-9-20(21)22)33-18(3)24(29)28-13-5-11-26(32,15-28)25(30)31/h4,6-10,12,14,18,32H,5,11,13,15H2,1-3H3,(H,30,31)/t18-,26?/m1/s1. The maximum absolute atomic E-state index is 12.9. The quantitative estimate of drug-likeness (QED) is 0.617. The smallest absolute Gasteiger partial charge is 0.337 e. The second kappa shape index (κ2) is 8.83. The number of aliphatic hydroxyl groups is 1. The Morgan fingerprint density at radius 1 is 1.15 bits per heavy atom. The Labute approximate surface area is 192 Å². The van der Waals surface area contributed by atoms with Gasteiger partial charge in [0.05, 0.1) is 12.1 Å². The van der Waals surface area contributed by atoms with E-state index in [9.17, 15) is 19.8 Å². The van der Waals surface area contributed by atoms with Crippen molar-refractivity contribution in [3.63, 3.8) is 0 Å². The number of aryl methyl sites for hydroxylation is 2. The van der Waals surface area contributed by atoms with E-state index in [4.69, 9.17) is 4.74 Å². The number of amides is 1. The first-order valence-corrected chi connectivity index (χ1v) is 11.1. The Morgan fingerprint density at radius 3 is 2.58 bits per heavy atom. The van der Waals surface area contributed by atoms with Crippen LogP contribution in [0.25, 0.3) is 22.0 Å². The molecule has 2 atom stereocenters. The van der Waals surface area contributed by atoms with E-state index in [0.717, 1.165) is 16.5 Å². The molecule has 0 spiro atoms. The number of rotatable bonds is 5. The number of hydrogen-bond donors (Lipinski definition) is 2. The van der Waals surface area contributed by atoms with Gasteiger partial charge in [-0.25, -0.2) is 4.79 Å². The van der Waals surface area contributed by atoms with E-state index < -0.39 is 17.7 Å². The summed E-state index contributed by atoms with van der Waals surface area (Å²) in [4.78, 5) is 30.1. The van der Waals surface area contributed by atoms with E-state index >= 15 is 0 Å². The largest absolute Gasteiger partial charge is 0.481 e. The topological polar surface area (TPSA) is 100.0 Å². The molecule has 172 valence electrons. The van der Waals surface area contributed by atoms with Crippen LogP contribution in [0.2, 0.25) is 0 Å². The number of nitrogens with zero attached hydrogens (tertiary/aromatic N) is 2. The molecule has 0 aliphatic carbocycles. The highest BCUT2D eigenvalue weighted by atomic mass is 16.5. The van der Waals surface area contributed by atoms with Crippen molar-refractivity contribution < 1.29 is 24.5 Å². The molecule has 1 saturated heterocycles. The summed E-state index contributed by atoms with van der Waals surface area (Å²) in [5.41, 5.74) is 3.48. The summed E-state index contributed by atoms with van der Waals surface area (Å²) in [5.74, 6) is -1.17. The van der Waals surface area contributed by atoms with Gasteiger partial charge in [0, 0.05) is 24.2 Å². The predicted molar refractivity (Wildman–Crippen MR) is 125 cm³/mol. The van der Waals surface area contributed by atoms with Crippen molar-refractivity contribution >= 4 is 22.8 Å². The fourth-order valence-electron chi connectivity index (χ4n) is 4.57. The van der Waals surface area contributed by atoms with Crippen LogP contribution in [-0.4, -0.2) is 56.8 Å². The minimum Gasteiger partial charge on any atom is -0.481 e. The van der Waals surface area contributed by atoms with Crippen LogP contribution in [0.15, 0.2) is 48.7 Å². The van der Waals surface area contributed by atoms with E-state index in [-0.39, 0.29) is 18.9 Å². The van der Waals surface area contributed by atoms with Crippen LogP contribution in [0.4, 0.5) is 0 Å². The van der Waals surface area contributed by atoms with E-state index in [1.807, 2.05) is 24.3 Å². The van der Waals surface area contributed by atoms with Gasteiger partial charge < -0.3 is 19.8 Å². The van der Waals surface area contributed by atoms with Gasteiger partial charge in [0.1, 0.15) is 5.75 Å². The molecule has 0 saturated carbocycles. The Bertz CT molecular complexity index is 1200. The van der Waals surface area contributed by atoms with Crippen LogP contribution < -0.4 is 4.74 Å². The molecule has 7 heteroatoms. The molecule has 1 unspecified atom stereocenters. The molecule has 33 heavy (non-hydrogen) atoms. The Morgan fingerprint density at radius 2 is 1.88 bits per heavy atom. The zero-order chi connectivity index (χ0) is 23.8. The molecule has 1 aliphatic rings. The van der Waals surface area contributed by atoms with Gasteiger partial charge in [-0.2, -0.15) is 0 Å². The minimum atomic E-state index is -1.91. The van der Waals surface area contributed by atoms with Crippen molar-refractivity contribution in [2.45, 2.75) is 45.3 Å². The molecule has 1 amide bonds. The normalized spacial score (nSPS) is 19.3. The molecular weight excluding hydrogens is 420 g/mol. The number of carbonyl (C=O) groups excluding carboxylic acids is 1. The number of β-amino-alcohol motifs (C(OH)–C–C–N with tert-alkyl or cyclic N) is 1. The molecule has 0 bridgehead atoms. The van der Waals surface area contributed by atoms with Crippen molar-refractivity contribution in [2.24, 2.45) is 0 Å². The fourth-order valence-corrected chi connectivity index (χ4v) is 4.57. The molecule has 2 N–H and O–H groups in total. The number of aromatic nitrogens is 1. The number of carbonyl (C=O) groups is 2. The summed E-state index contributed by atoms with van der Waals surface area (Å²) in [6.45, 7) is 5.95. The van der Waals surface area contributed by atoms with Crippen molar-refractivity contribution in [1.82, 2.24) is 9.88 Å². The lowest BCUT2D eigenvalue weighted by atomic mass is 9.93. The number of ether oxygens (including phenoxy) is 1. The molecule has 1 aliphatic heterocycles. The molecule has 4 rings (SSSR count). The zero-order valence-corrected chi connectivity index (χ0v) is 19.0. The van der Waals surface area contributed by atoms with Gasteiger partial charge in [0.2, 0.25) is 0 Å². The Balaban J connectivity index is 1.56. The number of likely N-dealkylation sites (tertiary alicyclic amines) is 1. The lowest BCUT2D eigenvalue weighted by molar-refractivity contribution is -0.167. The van der Waals surface area contributed by atoms with Crippen molar-refractivity contribution in [3.05, 3.63) is 59.8 Å². The third-order valence-electron chi connectivity index (χ3n) is 6.31. The van der Waals surface area contributed by atoms with Crippen LogP contribution in [0.5, 0.6) is 5.75 Å². The summed E-state index contributed by atoms with van der Waals surface area (Å²) in [7, 11) is 0. The number of carboxylic acid groups (broad SMARTS) is 1. The number of carboxylic acids is 1. The van der Waals surface area contributed by atoms with Crippen LogP contribution in [0, 0.1) is 13.8 Å². The second-order valence-electron chi connectivity index (χ2n) is 8.76. The predicted octanol–water partition coefficient (Wildman–Crippen LogP) is 3.72. The van der Waals surface area contributed by atoms with Crippen LogP contribution in [-0.2, 0) is 9.59 Å². The molecule has 2 heterocycles. The molecule has 2 aromatic carbocycles. The Kier molecular flexibility index (Phi) is 6.08. The summed E-state index contributed by atoms with van der Waals surface area (Å²) in [6, 6.07) is 13.8. The highest BCUT2D eigenvalue weighted by Crippen LogP contribution is 2.34. The number of hydrogen-bond acceptors (Lipinski definition) is 5. The molecule has 1 fully saturated rings. The third kappa shape index (κ3) is 4.41. The summed E-state index contributed by atoms with van der Waals surface area (Å²) in [6.07, 6.45) is 1.48. The van der Waals surface area contributed by atoms with Crippen LogP contribution >= 0.6 is 0 Å². The summed E-state index contributed by atoms with van der Waals surface area (Å²) in [5, 5.41) is 20.5. The highest BCUT2D eigenvalue weighted by molar-refractivity contribution is 5.96. The maximum atomic E-state index is 12.9. The third-order valence-corrected chi connectivity index (χ3v) is 6.31. The number of piperidine rings is 1. The van der Waals surface area contributed by atoms with Gasteiger partial charge in [-0.3, -0.25) is 9.78 Å². The first-order valence-electron chi connectivity index (χ1n) is 11.1. The lowest BCUT2D eigenvalue weighted by Crippen LogP contribution is -2.56. The zero-order valence-electron chi connectivity index (χ0n) is 19.0. The van der Waals surface area contributed by atoms with Crippen molar-refractivity contribution in [1.29, 1.82) is 0 Å². The molecule has 1 aromatic heterocycles. The molecule has 0 radical (unpaired) electrons. The number of pyridine rings is 1. The maximum Gasteiger partial charge on any atom is 0.337 e. The number of aliphatic carboxylic acids is 1. The van der Waals surface area contributed by atoms with Gasteiger partial charge in [0.15, 0.2) is 11.7 Å². The molecule has 7 nitrogen and oxygen atoms in total. The van der Waals surface area contributed by atoms with Gasteiger partial charge in [-0.15, -0.1) is 0 Å². The lowest BCUT2D eigenvalue weighted by Gasteiger charge is -2.37. The van der Waals surface area contributed by atoms with Crippen molar-refractivity contribution in [3.8, 4) is 16.9 Å². The summed E-state index contributed by atoms with van der Waals surface area (Å²) >= 11 is 0. The molecular formula is C26H28N2O5. The first-order chi connectivity index (χ1) is 15.7. The average Bonchev–Trinajstić information content (AvgIpc) is 2.78. The van der Waals surface area contributed by atoms with Crippen LogP contribution in [0.3, 0.4) is 0 Å². The van der Waals surface area contributed by atoms with Crippen LogP contribution in [0.1, 0.15) is 30.9 Å². The first kappa shape index (κ1) is 22.7. The van der Waals surface area contributed by atoms with E-state index in [1.165, 1.54) is 21.6 Å².